The van der Waals surface area contributed by atoms with Crippen LogP contribution in [0.1, 0.15) is 46.0 Å². The number of aliphatic carboxylic acids is 1. The first kappa shape index (κ1) is 13.4. The summed E-state index contributed by atoms with van der Waals surface area (Å²) in [5.74, 6) is -0.210. The average molecular weight is 253 g/mol. The maximum absolute atomic E-state index is 12.5. The monoisotopic (exact) mass is 253 g/mol. The Balaban J connectivity index is 1.93. The average Bonchev–Trinajstić information content (AvgIpc) is 2.83. The summed E-state index contributed by atoms with van der Waals surface area (Å²) in [7, 11) is 0. The molecule has 1 amide bonds. The Hall–Kier alpha value is -1.06. The van der Waals surface area contributed by atoms with Crippen LogP contribution < -0.4 is 0 Å². The molecule has 0 aromatic heterocycles. The first-order chi connectivity index (χ1) is 8.40. The summed E-state index contributed by atoms with van der Waals surface area (Å²) in [4.78, 5) is 25.1. The van der Waals surface area contributed by atoms with Gasteiger partial charge < -0.3 is 10.0 Å². The van der Waals surface area contributed by atoms with E-state index in [4.69, 9.17) is 5.11 Å². The molecule has 1 saturated carbocycles. The van der Waals surface area contributed by atoms with Gasteiger partial charge in [-0.1, -0.05) is 20.3 Å². The van der Waals surface area contributed by atoms with E-state index in [1.54, 1.807) is 0 Å². The van der Waals surface area contributed by atoms with Gasteiger partial charge in [-0.25, -0.2) is 0 Å². The summed E-state index contributed by atoms with van der Waals surface area (Å²) in [6.45, 7) is 5.72. The fraction of sp³-hybridized carbons (Fsp3) is 0.857. The molecular formula is C14H23NO3. The van der Waals surface area contributed by atoms with Crippen LogP contribution in [-0.4, -0.2) is 35.0 Å². The van der Waals surface area contributed by atoms with E-state index in [2.05, 4.69) is 13.8 Å². The Morgan fingerprint density at radius 1 is 1.33 bits per heavy atom. The molecule has 4 heteroatoms. The molecule has 4 nitrogen and oxygen atoms in total. The number of carboxylic acids is 1. The Labute approximate surface area is 108 Å². The molecule has 2 atom stereocenters. The van der Waals surface area contributed by atoms with Crippen molar-refractivity contribution in [1.82, 2.24) is 4.90 Å². The lowest BCUT2D eigenvalue weighted by atomic mass is 9.81. The van der Waals surface area contributed by atoms with Crippen LogP contribution in [0.4, 0.5) is 0 Å². The van der Waals surface area contributed by atoms with Crippen molar-refractivity contribution in [1.29, 1.82) is 0 Å². The summed E-state index contributed by atoms with van der Waals surface area (Å²) < 4.78 is 0. The standard InChI is InChI=1S/C14H23NO3/c1-14(2)6-3-4-11(14)13(18)15-7-5-10(9-15)8-12(16)17/h10-11H,3-9H2,1-2H3,(H,16,17). The molecule has 1 N–H and O–H groups in total. The third kappa shape index (κ3) is 2.68. The van der Waals surface area contributed by atoms with Crippen LogP contribution in [-0.2, 0) is 9.59 Å². The predicted molar refractivity (Wildman–Crippen MR) is 68.1 cm³/mol. The van der Waals surface area contributed by atoms with Crippen molar-refractivity contribution in [3.63, 3.8) is 0 Å². The molecule has 0 radical (unpaired) electrons. The Morgan fingerprint density at radius 3 is 2.61 bits per heavy atom. The SMILES string of the molecule is CC1(C)CCCC1C(=O)N1CCC(CC(=O)O)C1. The highest BCUT2D eigenvalue weighted by Gasteiger charge is 2.42. The van der Waals surface area contributed by atoms with Crippen molar-refractivity contribution < 1.29 is 14.7 Å². The number of hydrogen-bond donors (Lipinski definition) is 1. The van der Waals surface area contributed by atoms with Crippen LogP contribution in [0.15, 0.2) is 0 Å². The molecule has 0 spiro atoms. The van der Waals surface area contributed by atoms with Gasteiger partial charge in [-0.15, -0.1) is 0 Å². The van der Waals surface area contributed by atoms with E-state index < -0.39 is 5.97 Å². The summed E-state index contributed by atoms with van der Waals surface area (Å²) in [6.07, 6.45) is 4.28. The normalized spacial score (nSPS) is 30.7. The van der Waals surface area contributed by atoms with Crippen molar-refractivity contribution in [2.45, 2.75) is 46.0 Å². The van der Waals surface area contributed by atoms with Crippen LogP contribution in [0.3, 0.4) is 0 Å². The van der Waals surface area contributed by atoms with Gasteiger partial charge in [0.25, 0.3) is 0 Å². The maximum atomic E-state index is 12.5. The zero-order valence-electron chi connectivity index (χ0n) is 11.3. The van der Waals surface area contributed by atoms with Gasteiger partial charge in [0.2, 0.25) is 5.91 Å². The molecule has 2 rings (SSSR count). The fourth-order valence-corrected chi connectivity index (χ4v) is 3.45. The zero-order chi connectivity index (χ0) is 13.3. The molecule has 2 fully saturated rings. The van der Waals surface area contributed by atoms with Gasteiger partial charge >= 0.3 is 5.97 Å². The van der Waals surface area contributed by atoms with Crippen LogP contribution in [0.25, 0.3) is 0 Å². The smallest absolute Gasteiger partial charge is 0.303 e. The molecule has 1 heterocycles. The number of likely N-dealkylation sites (tertiary alicyclic amines) is 1. The molecule has 1 aliphatic heterocycles. The number of amides is 1. The number of carboxylic acid groups (broad SMARTS) is 1. The highest BCUT2D eigenvalue weighted by Crippen LogP contribution is 2.44. The van der Waals surface area contributed by atoms with Gasteiger partial charge in [-0.3, -0.25) is 9.59 Å². The first-order valence-corrected chi connectivity index (χ1v) is 6.91. The van der Waals surface area contributed by atoms with Gasteiger partial charge in [0.05, 0.1) is 0 Å². The maximum Gasteiger partial charge on any atom is 0.303 e. The second-order valence-electron chi connectivity index (χ2n) is 6.47. The molecule has 2 aliphatic rings. The van der Waals surface area contributed by atoms with Gasteiger partial charge in [-0.05, 0) is 30.6 Å². The van der Waals surface area contributed by atoms with E-state index in [0.29, 0.717) is 6.54 Å². The van der Waals surface area contributed by atoms with Crippen LogP contribution in [0, 0.1) is 17.3 Å². The van der Waals surface area contributed by atoms with E-state index >= 15 is 0 Å². The van der Waals surface area contributed by atoms with Crippen molar-refractivity contribution in [2.75, 3.05) is 13.1 Å². The zero-order valence-corrected chi connectivity index (χ0v) is 11.3. The number of rotatable bonds is 3. The molecule has 18 heavy (non-hydrogen) atoms. The third-order valence-corrected chi connectivity index (χ3v) is 4.62. The van der Waals surface area contributed by atoms with Crippen LogP contribution >= 0.6 is 0 Å². The largest absolute Gasteiger partial charge is 0.481 e. The summed E-state index contributed by atoms with van der Waals surface area (Å²) in [5.41, 5.74) is 0.113. The van der Waals surface area contributed by atoms with Crippen molar-refractivity contribution in [3.05, 3.63) is 0 Å². The highest BCUT2D eigenvalue weighted by atomic mass is 16.4. The van der Waals surface area contributed by atoms with Crippen molar-refractivity contribution in [3.8, 4) is 0 Å². The lowest BCUT2D eigenvalue weighted by Gasteiger charge is -2.30. The molecule has 102 valence electrons. The van der Waals surface area contributed by atoms with E-state index in [-0.39, 0.29) is 29.6 Å². The second kappa shape index (κ2) is 4.90. The lowest BCUT2D eigenvalue weighted by Crippen LogP contribution is -2.38. The summed E-state index contributed by atoms with van der Waals surface area (Å²) in [5, 5.41) is 8.79. The predicted octanol–water partition coefficient (Wildman–Crippen LogP) is 2.14. The third-order valence-electron chi connectivity index (χ3n) is 4.62. The van der Waals surface area contributed by atoms with Gasteiger partial charge in [0.1, 0.15) is 0 Å². The molecular weight excluding hydrogens is 230 g/mol. The molecule has 0 bridgehead atoms. The topological polar surface area (TPSA) is 57.6 Å². The first-order valence-electron chi connectivity index (χ1n) is 6.91. The number of nitrogens with zero attached hydrogens (tertiary/aromatic N) is 1. The van der Waals surface area contributed by atoms with E-state index in [1.165, 1.54) is 0 Å². The summed E-state index contributed by atoms with van der Waals surface area (Å²) >= 11 is 0. The van der Waals surface area contributed by atoms with E-state index in [0.717, 1.165) is 32.2 Å². The fourth-order valence-electron chi connectivity index (χ4n) is 3.45. The lowest BCUT2D eigenvalue weighted by molar-refractivity contribution is -0.140. The number of hydrogen-bond acceptors (Lipinski definition) is 2. The van der Waals surface area contributed by atoms with Crippen molar-refractivity contribution >= 4 is 11.9 Å². The minimum atomic E-state index is -0.754. The minimum Gasteiger partial charge on any atom is -0.481 e. The Kier molecular flexibility index (Phi) is 3.64. The van der Waals surface area contributed by atoms with Crippen molar-refractivity contribution in [2.24, 2.45) is 17.3 Å². The summed E-state index contributed by atoms with van der Waals surface area (Å²) in [6, 6.07) is 0. The molecule has 1 saturated heterocycles. The van der Waals surface area contributed by atoms with Gasteiger partial charge in [0.15, 0.2) is 0 Å². The van der Waals surface area contributed by atoms with Crippen LogP contribution in [0.2, 0.25) is 0 Å². The van der Waals surface area contributed by atoms with Gasteiger partial charge in [0, 0.05) is 25.4 Å². The van der Waals surface area contributed by atoms with E-state index in [1.807, 2.05) is 4.90 Å². The minimum absolute atomic E-state index is 0.113. The van der Waals surface area contributed by atoms with Crippen LogP contribution in [0.5, 0.6) is 0 Å². The second-order valence-corrected chi connectivity index (χ2v) is 6.47. The number of carbonyl (C=O) groups excluding carboxylic acids is 1. The Morgan fingerprint density at radius 2 is 2.06 bits per heavy atom. The number of carbonyl (C=O) groups is 2. The van der Waals surface area contributed by atoms with E-state index in [9.17, 15) is 9.59 Å². The quantitative estimate of drug-likeness (QED) is 0.838. The molecule has 1 aliphatic carbocycles. The molecule has 0 aromatic rings. The van der Waals surface area contributed by atoms with Gasteiger partial charge in [-0.2, -0.15) is 0 Å². The molecule has 0 aromatic carbocycles. The molecule has 2 unspecified atom stereocenters. The Bertz CT molecular complexity index is 351. The highest BCUT2D eigenvalue weighted by molar-refractivity contribution is 5.80.